The molecule has 0 aliphatic carbocycles. The number of aliphatic hydroxyl groups is 1. The third-order valence-electron chi connectivity index (χ3n) is 2.83. The number of aromatic nitrogens is 3. The van der Waals surface area contributed by atoms with E-state index < -0.39 is 6.10 Å². The van der Waals surface area contributed by atoms with Gasteiger partial charge in [-0.15, -0.1) is 0 Å². The number of nitrogens with zero attached hydrogens (tertiary/aromatic N) is 3. The SMILES string of the molecule is Nc1c(C(O)c2ccccn2)nn2ccccc12. The molecule has 3 aromatic rings. The van der Waals surface area contributed by atoms with Gasteiger partial charge in [0.2, 0.25) is 0 Å². The van der Waals surface area contributed by atoms with Gasteiger partial charge in [0.1, 0.15) is 11.8 Å². The first-order valence-corrected chi connectivity index (χ1v) is 5.59. The van der Waals surface area contributed by atoms with E-state index in [0.29, 0.717) is 17.1 Å². The van der Waals surface area contributed by atoms with Crippen LogP contribution in [0.2, 0.25) is 0 Å². The summed E-state index contributed by atoms with van der Waals surface area (Å²) in [5.74, 6) is 0. The van der Waals surface area contributed by atoms with Crippen molar-refractivity contribution >= 4 is 11.2 Å². The summed E-state index contributed by atoms with van der Waals surface area (Å²) >= 11 is 0. The molecular formula is C13H12N4O. The van der Waals surface area contributed by atoms with Crippen LogP contribution in [-0.2, 0) is 0 Å². The minimum absolute atomic E-state index is 0.430. The van der Waals surface area contributed by atoms with Gasteiger partial charge in [-0.1, -0.05) is 12.1 Å². The van der Waals surface area contributed by atoms with Crippen molar-refractivity contribution in [2.24, 2.45) is 0 Å². The van der Waals surface area contributed by atoms with Crippen molar-refractivity contribution in [2.75, 3.05) is 5.73 Å². The Morgan fingerprint density at radius 2 is 2.00 bits per heavy atom. The lowest BCUT2D eigenvalue weighted by Gasteiger charge is -2.07. The second-order valence-electron chi connectivity index (χ2n) is 3.99. The molecule has 3 aromatic heterocycles. The number of hydrogen-bond acceptors (Lipinski definition) is 4. The van der Waals surface area contributed by atoms with Crippen molar-refractivity contribution in [1.29, 1.82) is 0 Å². The maximum absolute atomic E-state index is 10.3. The summed E-state index contributed by atoms with van der Waals surface area (Å²) in [5, 5.41) is 14.5. The van der Waals surface area contributed by atoms with Crippen LogP contribution in [0.25, 0.3) is 5.52 Å². The van der Waals surface area contributed by atoms with Crippen molar-refractivity contribution in [1.82, 2.24) is 14.6 Å². The summed E-state index contributed by atoms with van der Waals surface area (Å²) in [5.41, 5.74) is 8.23. The molecular weight excluding hydrogens is 228 g/mol. The molecule has 18 heavy (non-hydrogen) atoms. The second-order valence-corrected chi connectivity index (χ2v) is 3.99. The molecule has 0 aliphatic heterocycles. The summed E-state index contributed by atoms with van der Waals surface area (Å²) < 4.78 is 1.65. The molecule has 0 aromatic carbocycles. The van der Waals surface area contributed by atoms with Crippen molar-refractivity contribution < 1.29 is 5.11 Å². The first-order valence-electron chi connectivity index (χ1n) is 5.59. The molecule has 3 rings (SSSR count). The molecule has 0 amide bonds. The zero-order chi connectivity index (χ0) is 12.5. The van der Waals surface area contributed by atoms with E-state index in [9.17, 15) is 5.11 Å². The highest BCUT2D eigenvalue weighted by molar-refractivity contribution is 5.72. The van der Waals surface area contributed by atoms with Crippen LogP contribution in [0.4, 0.5) is 5.69 Å². The largest absolute Gasteiger partial charge is 0.395 e. The van der Waals surface area contributed by atoms with Gasteiger partial charge in [-0.3, -0.25) is 4.98 Å². The average molecular weight is 240 g/mol. The number of aliphatic hydroxyl groups excluding tert-OH is 1. The van der Waals surface area contributed by atoms with Gasteiger partial charge in [0.05, 0.1) is 16.9 Å². The van der Waals surface area contributed by atoms with E-state index in [1.54, 1.807) is 29.0 Å². The zero-order valence-corrected chi connectivity index (χ0v) is 9.56. The molecule has 90 valence electrons. The number of rotatable bonds is 2. The summed E-state index contributed by atoms with van der Waals surface area (Å²) in [6.45, 7) is 0. The lowest BCUT2D eigenvalue weighted by Crippen LogP contribution is -2.05. The predicted molar refractivity (Wildman–Crippen MR) is 67.9 cm³/mol. The molecule has 5 heteroatoms. The van der Waals surface area contributed by atoms with Crippen LogP contribution in [0.5, 0.6) is 0 Å². The molecule has 0 saturated heterocycles. The van der Waals surface area contributed by atoms with Crippen molar-refractivity contribution in [3.63, 3.8) is 0 Å². The number of hydrogen-bond donors (Lipinski definition) is 2. The van der Waals surface area contributed by atoms with Crippen molar-refractivity contribution in [3.05, 3.63) is 60.2 Å². The van der Waals surface area contributed by atoms with Gasteiger partial charge in [0, 0.05) is 12.4 Å². The van der Waals surface area contributed by atoms with E-state index in [1.807, 2.05) is 24.3 Å². The van der Waals surface area contributed by atoms with E-state index in [4.69, 9.17) is 5.73 Å². The van der Waals surface area contributed by atoms with Gasteiger partial charge in [-0.25, -0.2) is 4.52 Å². The van der Waals surface area contributed by atoms with Crippen LogP contribution in [-0.4, -0.2) is 19.7 Å². The highest BCUT2D eigenvalue weighted by Crippen LogP contribution is 2.27. The quantitative estimate of drug-likeness (QED) is 0.709. The summed E-state index contributed by atoms with van der Waals surface area (Å²) in [6.07, 6.45) is 2.51. The Morgan fingerprint density at radius 1 is 1.17 bits per heavy atom. The van der Waals surface area contributed by atoms with Gasteiger partial charge in [-0.2, -0.15) is 5.10 Å². The fourth-order valence-corrected chi connectivity index (χ4v) is 1.92. The Kier molecular flexibility index (Phi) is 2.46. The molecule has 0 bridgehead atoms. The maximum Gasteiger partial charge on any atom is 0.142 e. The van der Waals surface area contributed by atoms with Crippen LogP contribution < -0.4 is 5.73 Å². The van der Waals surface area contributed by atoms with Gasteiger partial charge < -0.3 is 10.8 Å². The molecule has 0 saturated carbocycles. The Morgan fingerprint density at radius 3 is 2.72 bits per heavy atom. The van der Waals surface area contributed by atoms with E-state index in [2.05, 4.69) is 10.1 Å². The fourth-order valence-electron chi connectivity index (χ4n) is 1.92. The highest BCUT2D eigenvalue weighted by Gasteiger charge is 2.19. The lowest BCUT2D eigenvalue weighted by atomic mass is 10.1. The highest BCUT2D eigenvalue weighted by atomic mass is 16.3. The third-order valence-corrected chi connectivity index (χ3v) is 2.83. The first kappa shape index (κ1) is 10.7. The number of fused-ring (bicyclic) bond motifs is 1. The molecule has 3 N–H and O–H groups in total. The second kappa shape index (κ2) is 4.12. The van der Waals surface area contributed by atoms with E-state index >= 15 is 0 Å². The standard InChI is InChI=1S/C13H12N4O/c14-11-10-6-2-4-8-17(10)16-12(11)13(18)9-5-1-3-7-15-9/h1-8,13,18H,14H2. The normalized spacial score (nSPS) is 12.7. The minimum atomic E-state index is -0.911. The lowest BCUT2D eigenvalue weighted by molar-refractivity contribution is 0.210. The summed E-state index contributed by atoms with van der Waals surface area (Å²) in [4.78, 5) is 4.11. The monoisotopic (exact) mass is 240 g/mol. The molecule has 5 nitrogen and oxygen atoms in total. The fraction of sp³-hybridized carbons (Fsp3) is 0.0769. The third kappa shape index (κ3) is 1.61. The molecule has 0 fully saturated rings. The summed E-state index contributed by atoms with van der Waals surface area (Å²) in [7, 11) is 0. The predicted octanol–water partition coefficient (Wildman–Crippen LogP) is 1.39. The number of anilines is 1. The molecule has 0 spiro atoms. The molecule has 0 radical (unpaired) electrons. The van der Waals surface area contributed by atoms with Gasteiger partial charge >= 0.3 is 0 Å². The molecule has 1 unspecified atom stereocenters. The van der Waals surface area contributed by atoms with Gasteiger partial charge in [0.15, 0.2) is 0 Å². The average Bonchev–Trinajstić information content (AvgIpc) is 2.77. The summed E-state index contributed by atoms with van der Waals surface area (Å²) in [6, 6.07) is 11.0. The number of nitrogens with two attached hydrogens (primary N) is 1. The van der Waals surface area contributed by atoms with Gasteiger partial charge in [0.25, 0.3) is 0 Å². The van der Waals surface area contributed by atoms with Crippen LogP contribution >= 0.6 is 0 Å². The maximum atomic E-state index is 10.3. The van der Waals surface area contributed by atoms with Crippen LogP contribution in [0.3, 0.4) is 0 Å². The number of pyridine rings is 2. The van der Waals surface area contributed by atoms with E-state index in [1.165, 1.54) is 0 Å². The minimum Gasteiger partial charge on any atom is -0.395 e. The van der Waals surface area contributed by atoms with E-state index in [-0.39, 0.29) is 0 Å². The smallest absolute Gasteiger partial charge is 0.142 e. The number of nitrogen functional groups attached to an aromatic ring is 1. The zero-order valence-electron chi connectivity index (χ0n) is 9.56. The van der Waals surface area contributed by atoms with E-state index in [0.717, 1.165) is 5.52 Å². The Labute approximate surface area is 104 Å². The van der Waals surface area contributed by atoms with Crippen molar-refractivity contribution in [3.8, 4) is 0 Å². The molecule has 0 aliphatic rings. The van der Waals surface area contributed by atoms with Gasteiger partial charge in [-0.05, 0) is 24.3 Å². The molecule has 1 atom stereocenters. The van der Waals surface area contributed by atoms with Crippen LogP contribution in [0.15, 0.2) is 48.8 Å². The Hall–Kier alpha value is -2.40. The molecule has 3 heterocycles. The Bertz CT molecular complexity index is 678. The Balaban J connectivity index is 2.12. The van der Waals surface area contributed by atoms with Crippen molar-refractivity contribution in [2.45, 2.75) is 6.10 Å². The van der Waals surface area contributed by atoms with Crippen LogP contribution in [0.1, 0.15) is 17.5 Å². The van der Waals surface area contributed by atoms with Crippen LogP contribution in [0, 0.1) is 0 Å². The topological polar surface area (TPSA) is 76.4 Å². The first-order chi connectivity index (χ1) is 8.77.